The third-order valence-electron chi connectivity index (χ3n) is 9.43. The minimum absolute atomic E-state index is 0.00204. The summed E-state index contributed by atoms with van der Waals surface area (Å²) in [4.78, 5) is 4.63. The number of hydrogen-bond donors (Lipinski definition) is 2. The van der Waals surface area contributed by atoms with Gasteiger partial charge in [-0.3, -0.25) is 9.80 Å². The molecule has 4 aromatic rings. The average molecular weight is 595 g/mol. The minimum Gasteiger partial charge on any atom is -0.502 e. The molecule has 0 unspecified atom stereocenters. The van der Waals surface area contributed by atoms with Crippen LogP contribution in [0.3, 0.4) is 0 Å². The molecule has 228 valence electrons. The number of nitrogens with zero attached hydrogens (tertiary/aromatic N) is 2. The molecule has 0 amide bonds. The van der Waals surface area contributed by atoms with E-state index in [0.29, 0.717) is 47.3 Å². The summed E-state index contributed by atoms with van der Waals surface area (Å²) in [6.45, 7) is 1.68. The van der Waals surface area contributed by atoms with Crippen LogP contribution < -0.4 is 18.9 Å². The normalized spacial score (nSPS) is 19.6. The number of fused-ring (bicyclic) bond motifs is 5. The molecule has 2 atom stereocenters. The van der Waals surface area contributed by atoms with Crippen LogP contribution in [0.4, 0.5) is 0 Å². The van der Waals surface area contributed by atoms with Crippen molar-refractivity contribution in [2.24, 2.45) is 0 Å². The molecule has 8 heteroatoms. The van der Waals surface area contributed by atoms with Crippen molar-refractivity contribution >= 4 is 0 Å². The zero-order chi connectivity index (χ0) is 30.5. The Kier molecular flexibility index (Phi) is 7.26. The van der Waals surface area contributed by atoms with Crippen LogP contribution in [-0.4, -0.2) is 61.4 Å². The van der Waals surface area contributed by atoms with Crippen molar-refractivity contribution in [2.45, 2.75) is 37.8 Å². The fourth-order valence-corrected chi connectivity index (χ4v) is 7.10. The number of rotatable bonds is 2. The molecule has 0 aromatic heterocycles. The Morgan fingerprint density at radius 3 is 2.11 bits per heavy atom. The molecule has 0 fully saturated rings. The summed E-state index contributed by atoms with van der Waals surface area (Å²) in [6.07, 6.45) is 2.94. The van der Waals surface area contributed by atoms with Gasteiger partial charge >= 0.3 is 0 Å². The molecular formula is C36H38N2O6. The van der Waals surface area contributed by atoms with Crippen LogP contribution in [0.1, 0.15) is 45.5 Å². The van der Waals surface area contributed by atoms with Crippen LogP contribution in [0, 0.1) is 0 Å². The maximum atomic E-state index is 11.5. The Morgan fingerprint density at radius 2 is 1.41 bits per heavy atom. The largest absolute Gasteiger partial charge is 0.502 e. The lowest BCUT2D eigenvalue weighted by atomic mass is 9.87. The summed E-state index contributed by atoms with van der Waals surface area (Å²) in [6, 6.07) is 19.9. The van der Waals surface area contributed by atoms with Crippen molar-refractivity contribution in [3.8, 4) is 46.0 Å². The van der Waals surface area contributed by atoms with Gasteiger partial charge in [-0.05, 0) is 98.4 Å². The van der Waals surface area contributed by atoms with Gasteiger partial charge in [0.2, 0.25) is 11.5 Å². The van der Waals surface area contributed by atoms with E-state index in [-0.39, 0.29) is 23.6 Å². The Balaban J connectivity index is 1.44. The predicted octanol–water partition coefficient (Wildman–Crippen LogP) is 6.56. The third-order valence-corrected chi connectivity index (χ3v) is 9.43. The first kappa shape index (κ1) is 28.4. The first-order valence-corrected chi connectivity index (χ1v) is 15.1. The lowest BCUT2D eigenvalue weighted by molar-refractivity contribution is 0.222. The zero-order valence-electron chi connectivity index (χ0n) is 25.6. The van der Waals surface area contributed by atoms with E-state index in [0.717, 1.165) is 59.3 Å². The SMILES string of the molecule is COc1cc2c3c(c1O)Oc1cccc(c1)C[C@@H]1c4cc(c(O)c(OC)c4CCN1C)Oc1cccc(c1)C[C@H]3N(C)CC2. The number of benzene rings is 4. The Labute approximate surface area is 258 Å². The maximum absolute atomic E-state index is 11.5. The van der Waals surface area contributed by atoms with E-state index in [1.165, 1.54) is 0 Å². The molecule has 2 N–H and O–H groups in total. The van der Waals surface area contributed by atoms with Crippen LogP contribution in [0.25, 0.3) is 0 Å². The Bertz CT molecular complexity index is 1740. The lowest BCUT2D eigenvalue weighted by Gasteiger charge is -2.36. The highest BCUT2D eigenvalue weighted by Gasteiger charge is 2.34. The number of likely N-dealkylation sites (N-methyl/N-ethyl adjacent to an activating group) is 2. The third kappa shape index (κ3) is 4.88. The molecule has 44 heavy (non-hydrogen) atoms. The molecule has 3 aliphatic heterocycles. The maximum Gasteiger partial charge on any atom is 0.201 e. The number of aromatic hydroxyl groups is 2. The number of hydrogen-bond acceptors (Lipinski definition) is 8. The fourth-order valence-electron chi connectivity index (χ4n) is 7.10. The van der Waals surface area contributed by atoms with Gasteiger partial charge in [0.25, 0.3) is 0 Å². The molecule has 0 saturated carbocycles. The average Bonchev–Trinajstić information content (AvgIpc) is 3.02. The van der Waals surface area contributed by atoms with Gasteiger partial charge in [0.1, 0.15) is 11.5 Å². The summed E-state index contributed by atoms with van der Waals surface area (Å²) < 4.78 is 24.4. The van der Waals surface area contributed by atoms with Gasteiger partial charge in [-0.2, -0.15) is 0 Å². The first-order valence-electron chi connectivity index (χ1n) is 15.1. The van der Waals surface area contributed by atoms with Gasteiger partial charge in [-0.1, -0.05) is 24.3 Å². The van der Waals surface area contributed by atoms with Gasteiger partial charge < -0.3 is 29.2 Å². The van der Waals surface area contributed by atoms with E-state index < -0.39 is 0 Å². The molecule has 6 bridgehead atoms. The van der Waals surface area contributed by atoms with E-state index in [4.69, 9.17) is 18.9 Å². The van der Waals surface area contributed by atoms with Crippen molar-refractivity contribution in [3.05, 3.63) is 94.0 Å². The van der Waals surface area contributed by atoms with Gasteiger partial charge in [-0.25, -0.2) is 0 Å². The number of phenolic OH excluding ortho intramolecular Hbond substituents is 2. The second-order valence-electron chi connectivity index (χ2n) is 12.1. The van der Waals surface area contributed by atoms with Crippen molar-refractivity contribution in [3.63, 3.8) is 0 Å². The van der Waals surface area contributed by atoms with Gasteiger partial charge in [0, 0.05) is 36.3 Å². The highest BCUT2D eigenvalue weighted by atomic mass is 16.5. The van der Waals surface area contributed by atoms with Crippen LogP contribution in [-0.2, 0) is 25.7 Å². The van der Waals surface area contributed by atoms with Crippen LogP contribution in [0.5, 0.6) is 46.0 Å². The van der Waals surface area contributed by atoms with Crippen LogP contribution in [0.15, 0.2) is 60.7 Å². The van der Waals surface area contributed by atoms with E-state index >= 15 is 0 Å². The van der Waals surface area contributed by atoms with Crippen molar-refractivity contribution in [1.29, 1.82) is 0 Å². The highest BCUT2D eigenvalue weighted by Crippen LogP contribution is 2.51. The molecule has 3 heterocycles. The van der Waals surface area contributed by atoms with E-state index in [9.17, 15) is 10.2 Å². The highest BCUT2D eigenvalue weighted by molar-refractivity contribution is 5.63. The van der Waals surface area contributed by atoms with Gasteiger partial charge in [0.05, 0.1) is 14.2 Å². The van der Waals surface area contributed by atoms with E-state index in [1.54, 1.807) is 14.2 Å². The molecular weight excluding hydrogens is 556 g/mol. The van der Waals surface area contributed by atoms with Crippen LogP contribution >= 0.6 is 0 Å². The van der Waals surface area contributed by atoms with E-state index in [2.05, 4.69) is 36.0 Å². The van der Waals surface area contributed by atoms with Crippen molar-refractivity contribution in [2.75, 3.05) is 41.4 Å². The molecule has 4 aromatic carbocycles. The first-order chi connectivity index (χ1) is 21.3. The minimum atomic E-state index is -0.0637. The second kappa shape index (κ2) is 11.3. The molecule has 0 spiro atoms. The second-order valence-corrected chi connectivity index (χ2v) is 12.1. The molecule has 0 radical (unpaired) electrons. The predicted molar refractivity (Wildman–Crippen MR) is 168 cm³/mol. The summed E-state index contributed by atoms with van der Waals surface area (Å²) in [5, 5.41) is 22.8. The topological polar surface area (TPSA) is 83.9 Å². The zero-order valence-corrected chi connectivity index (χ0v) is 25.6. The van der Waals surface area contributed by atoms with Gasteiger partial charge in [-0.15, -0.1) is 0 Å². The summed E-state index contributed by atoms with van der Waals surface area (Å²) >= 11 is 0. The van der Waals surface area contributed by atoms with Gasteiger partial charge in [0.15, 0.2) is 23.0 Å². The summed E-state index contributed by atoms with van der Waals surface area (Å²) in [5.74, 6) is 2.98. The summed E-state index contributed by atoms with van der Waals surface area (Å²) in [5.41, 5.74) is 6.28. The number of methoxy groups -OCH3 is 2. The summed E-state index contributed by atoms with van der Waals surface area (Å²) in [7, 11) is 7.40. The van der Waals surface area contributed by atoms with Crippen LogP contribution in [0.2, 0.25) is 0 Å². The fraction of sp³-hybridized carbons (Fsp3) is 0.333. The smallest absolute Gasteiger partial charge is 0.201 e. The van der Waals surface area contributed by atoms with E-state index in [1.807, 2.05) is 48.5 Å². The Morgan fingerprint density at radius 1 is 0.750 bits per heavy atom. The Hall–Kier alpha value is -4.40. The quantitative estimate of drug-likeness (QED) is 0.270. The molecule has 0 saturated heterocycles. The molecule has 8 nitrogen and oxygen atoms in total. The number of phenols is 2. The van der Waals surface area contributed by atoms with Crippen molar-refractivity contribution in [1.82, 2.24) is 9.80 Å². The standard InChI is InChI=1S/C36H38N2O6/c1-37-14-12-26-27-20-31(34(40)35(26)42-4)43-24-9-5-8-22(15-24)18-29-32-23(11-13-38(29)2)19-30(41-3)33(39)36(32)44-25-10-6-7-21(16-25)17-28(27)37/h5-10,15-16,19-20,28-29,39-40H,11-14,17-18H2,1-4H3/t28-,29-/m1/s1. The number of ether oxygens (including phenoxy) is 4. The molecule has 0 aliphatic carbocycles. The molecule has 3 aliphatic rings. The van der Waals surface area contributed by atoms with Crippen molar-refractivity contribution < 1.29 is 29.2 Å². The molecule has 7 rings (SSSR count). The monoisotopic (exact) mass is 594 g/mol. The lowest BCUT2D eigenvalue weighted by Crippen LogP contribution is -2.34.